The molecule has 3 rings (SSSR count). The lowest BCUT2D eigenvalue weighted by atomic mass is 9.70. The Kier molecular flexibility index (Phi) is 4.81. The summed E-state index contributed by atoms with van der Waals surface area (Å²) in [5, 5.41) is 0. The fourth-order valence-electron chi connectivity index (χ4n) is 4.30. The molecule has 0 radical (unpaired) electrons. The van der Waals surface area contributed by atoms with Crippen LogP contribution >= 0.6 is 0 Å². The third kappa shape index (κ3) is 3.10. The molecule has 2 saturated carbocycles. The standard InChI is InChI=1S/C16H26F2O3/c1-2-19-13-4-3-12(14(17)15(13)18)11-5-7-16(8-6-11)20-9-10-21-16/h11-15H,2-10H2,1H3. The molecule has 0 N–H and O–H groups in total. The molecule has 3 aliphatic rings. The third-order valence-electron chi connectivity index (χ3n) is 5.44. The highest BCUT2D eigenvalue weighted by Crippen LogP contribution is 2.45. The Balaban J connectivity index is 1.56. The first kappa shape index (κ1) is 15.6. The molecule has 3 nitrogen and oxygen atoms in total. The SMILES string of the molecule is CCOC1CCC(C2CCC3(CC2)OCCO3)C(F)C1F. The number of hydrogen-bond donors (Lipinski definition) is 0. The van der Waals surface area contributed by atoms with Crippen molar-refractivity contribution in [2.45, 2.75) is 69.7 Å². The van der Waals surface area contributed by atoms with Crippen molar-refractivity contribution in [3.63, 3.8) is 0 Å². The third-order valence-corrected chi connectivity index (χ3v) is 5.44. The molecule has 0 bridgehead atoms. The minimum Gasteiger partial charge on any atom is -0.375 e. The second-order valence-corrected chi connectivity index (χ2v) is 6.57. The zero-order chi connectivity index (χ0) is 14.9. The number of alkyl halides is 2. The van der Waals surface area contributed by atoms with Crippen LogP contribution in [-0.4, -0.2) is 44.1 Å². The van der Waals surface area contributed by atoms with Crippen molar-refractivity contribution in [3.8, 4) is 0 Å². The van der Waals surface area contributed by atoms with E-state index in [0.29, 0.717) is 26.2 Å². The first-order valence-corrected chi connectivity index (χ1v) is 8.33. The quantitative estimate of drug-likeness (QED) is 0.799. The zero-order valence-corrected chi connectivity index (χ0v) is 12.7. The van der Waals surface area contributed by atoms with Gasteiger partial charge in [-0.3, -0.25) is 0 Å². The molecule has 0 aromatic rings. The number of ether oxygens (including phenoxy) is 3. The normalized spacial score (nSPS) is 40.7. The monoisotopic (exact) mass is 304 g/mol. The van der Waals surface area contributed by atoms with Crippen molar-refractivity contribution >= 4 is 0 Å². The molecule has 4 atom stereocenters. The molecular formula is C16H26F2O3. The van der Waals surface area contributed by atoms with Crippen LogP contribution in [0.1, 0.15) is 45.4 Å². The summed E-state index contributed by atoms with van der Waals surface area (Å²) in [7, 11) is 0. The van der Waals surface area contributed by atoms with Crippen LogP contribution in [0.15, 0.2) is 0 Å². The minimum absolute atomic E-state index is 0.171. The molecule has 1 heterocycles. The van der Waals surface area contributed by atoms with Crippen LogP contribution in [0.4, 0.5) is 8.78 Å². The fraction of sp³-hybridized carbons (Fsp3) is 1.00. The highest BCUT2D eigenvalue weighted by molar-refractivity contribution is 4.94. The largest absolute Gasteiger partial charge is 0.375 e. The summed E-state index contributed by atoms with van der Waals surface area (Å²) in [6, 6.07) is 0. The number of halogens is 2. The minimum atomic E-state index is -1.47. The van der Waals surface area contributed by atoms with E-state index >= 15 is 0 Å². The molecule has 2 aliphatic carbocycles. The van der Waals surface area contributed by atoms with Crippen LogP contribution in [0.5, 0.6) is 0 Å². The van der Waals surface area contributed by atoms with E-state index in [0.717, 1.165) is 32.1 Å². The summed E-state index contributed by atoms with van der Waals surface area (Å²) in [5.74, 6) is -0.338. The molecule has 1 saturated heterocycles. The van der Waals surface area contributed by atoms with Crippen molar-refractivity contribution in [2.75, 3.05) is 19.8 Å². The van der Waals surface area contributed by atoms with E-state index in [1.165, 1.54) is 0 Å². The molecular weight excluding hydrogens is 278 g/mol. The topological polar surface area (TPSA) is 27.7 Å². The van der Waals surface area contributed by atoms with Gasteiger partial charge in [0.2, 0.25) is 0 Å². The van der Waals surface area contributed by atoms with E-state index in [4.69, 9.17) is 14.2 Å². The molecule has 122 valence electrons. The predicted octanol–water partition coefficient (Wildman–Crippen LogP) is 3.41. The predicted molar refractivity (Wildman–Crippen MR) is 74.5 cm³/mol. The van der Waals surface area contributed by atoms with Gasteiger partial charge < -0.3 is 14.2 Å². The highest BCUT2D eigenvalue weighted by atomic mass is 19.2. The summed E-state index contributed by atoms with van der Waals surface area (Å²) < 4.78 is 45.4. The molecule has 5 heteroatoms. The maximum absolute atomic E-state index is 14.5. The van der Waals surface area contributed by atoms with E-state index in [2.05, 4.69) is 0 Å². The zero-order valence-electron chi connectivity index (χ0n) is 12.7. The van der Waals surface area contributed by atoms with Crippen molar-refractivity contribution in [3.05, 3.63) is 0 Å². The summed E-state index contributed by atoms with van der Waals surface area (Å²) in [6.45, 7) is 3.59. The van der Waals surface area contributed by atoms with E-state index < -0.39 is 24.2 Å². The van der Waals surface area contributed by atoms with Gasteiger partial charge in [0.15, 0.2) is 12.0 Å². The van der Waals surface area contributed by atoms with E-state index in [-0.39, 0.29) is 11.8 Å². The lowest BCUT2D eigenvalue weighted by Gasteiger charge is -2.43. The van der Waals surface area contributed by atoms with Crippen LogP contribution in [0, 0.1) is 11.8 Å². The van der Waals surface area contributed by atoms with Crippen molar-refractivity contribution in [1.29, 1.82) is 0 Å². The van der Waals surface area contributed by atoms with Crippen LogP contribution in [0.25, 0.3) is 0 Å². The van der Waals surface area contributed by atoms with Gasteiger partial charge in [-0.2, -0.15) is 0 Å². The van der Waals surface area contributed by atoms with Crippen LogP contribution in [0.2, 0.25) is 0 Å². The van der Waals surface area contributed by atoms with Gasteiger partial charge in [0.05, 0.1) is 19.3 Å². The van der Waals surface area contributed by atoms with Gasteiger partial charge in [-0.25, -0.2) is 8.78 Å². The van der Waals surface area contributed by atoms with Gasteiger partial charge >= 0.3 is 0 Å². The molecule has 0 amide bonds. The fourth-order valence-corrected chi connectivity index (χ4v) is 4.30. The second kappa shape index (κ2) is 6.47. The van der Waals surface area contributed by atoms with E-state index in [1.807, 2.05) is 6.92 Å². The Morgan fingerprint density at radius 1 is 1.00 bits per heavy atom. The van der Waals surface area contributed by atoms with E-state index in [1.54, 1.807) is 0 Å². The van der Waals surface area contributed by atoms with Gasteiger partial charge in [-0.05, 0) is 44.4 Å². The molecule has 21 heavy (non-hydrogen) atoms. The maximum Gasteiger partial charge on any atom is 0.168 e. The molecule has 0 aromatic heterocycles. The maximum atomic E-state index is 14.5. The Morgan fingerprint density at radius 2 is 1.67 bits per heavy atom. The Hall–Kier alpha value is -0.260. The summed E-state index contributed by atoms with van der Waals surface area (Å²) in [6.07, 6.45) is 1.31. The first-order valence-electron chi connectivity index (χ1n) is 8.33. The average Bonchev–Trinajstić information content (AvgIpc) is 2.94. The average molecular weight is 304 g/mol. The molecule has 4 unspecified atom stereocenters. The molecule has 1 aliphatic heterocycles. The molecule has 3 fully saturated rings. The molecule has 1 spiro atoms. The second-order valence-electron chi connectivity index (χ2n) is 6.57. The summed E-state index contributed by atoms with van der Waals surface area (Å²) in [5.41, 5.74) is 0. The van der Waals surface area contributed by atoms with Gasteiger partial charge in [0.1, 0.15) is 6.17 Å². The molecule has 0 aromatic carbocycles. The van der Waals surface area contributed by atoms with E-state index in [9.17, 15) is 8.78 Å². The smallest absolute Gasteiger partial charge is 0.168 e. The van der Waals surface area contributed by atoms with Crippen LogP contribution in [0.3, 0.4) is 0 Å². The number of hydrogen-bond acceptors (Lipinski definition) is 3. The Bertz CT molecular complexity index is 336. The highest BCUT2D eigenvalue weighted by Gasteiger charge is 2.47. The first-order chi connectivity index (χ1) is 10.2. The number of rotatable bonds is 3. The van der Waals surface area contributed by atoms with Crippen LogP contribution in [-0.2, 0) is 14.2 Å². The van der Waals surface area contributed by atoms with Crippen molar-refractivity contribution < 1.29 is 23.0 Å². The Morgan fingerprint density at radius 3 is 2.29 bits per heavy atom. The summed E-state index contributed by atoms with van der Waals surface area (Å²) >= 11 is 0. The van der Waals surface area contributed by atoms with Crippen molar-refractivity contribution in [2.24, 2.45) is 11.8 Å². The van der Waals surface area contributed by atoms with Gasteiger partial charge in [-0.1, -0.05) is 0 Å². The van der Waals surface area contributed by atoms with Gasteiger partial charge in [-0.15, -0.1) is 0 Å². The Labute approximate surface area is 125 Å². The van der Waals surface area contributed by atoms with Gasteiger partial charge in [0.25, 0.3) is 0 Å². The lowest BCUT2D eigenvalue weighted by molar-refractivity contribution is -0.188. The van der Waals surface area contributed by atoms with Gasteiger partial charge in [0, 0.05) is 19.4 Å². The summed E-state index contributed by atoms with van der Waals surface area (Å²) in [4.78, 5) is 0. The van der Waals surface area contributed by atoms with Crippen LogP contribution < -0.4 is 0 Å². The lowest BCUT2D eigenvalue weighted by Crippen LogP contribution is -2.47. The van der Waals surface area contributed by atoms with Crippen molar-refractivity contribution in [1.82, 2.24) is 0 Å².